The maximum absolute atomic E-state index is 6.35. The molecule has 0 bridgehead atoms. The van der Waals surface area contributed by atoms with Crippen molar-refractivity contribution in [1.29, 1.82) is 0 Å². The molecule has 0 saturated carbocycles. The summed E-state index contributed by atoms with van der Waals surface area (Å²) in [5.74, 6) is 3.32. The number of rotatable bonds is 6. The van der Waals surface area contributed by atoms with Gasteiger partial charge in [0.1, 0.15) is 0 Å². The molecule has 3 aliphatic rings. The van der Waals surface area contributed by atoms with Gasteiger partial charge in [0.15, 0.2) is 35.7 Å². The monoisotopic (exact) mass is 526 g/mol. The summed E-state index contributed by atoms with van der Waals surface area (Å²) in [6.45, 7) is 5.46. The number of aryl methyl sites for hydroxylation is 2. The Hall–Kier alpha value is -2.51. The SMILES string of the molecule is COc1ccc2cc3[n+](cc2c1OCCCN1CCCCC1)CCc1cc2c(cc1-3)OCO2.[Br-]. The van der Waals surface area contributed by atoms with Crippen LogP contribution in [-0.4, -0.2) is 45.0 Å². The van der Waals surface area contributed by atoms with Crippen LogP contribution in [0.3, 0.4) is 0 Å². The minimum atomic E-state index is 0. The van der Waals surface area contributed by atoms with Crippen molar-refractivity contribution in [2.75, 3.05) is 40.1 Å². The molecule has 1 aromatic heterocycles. The van der Waals surface area contributed by atoms with Crippen molar-refractivity contribution in [3.63, 3.8) is 0 Å². The smallest absolute Gasteiger partial charge is 0.231 e. The molecule has 0 radical (unpaired) electrons. The number of nitrogens with zero attached hydrogens (tertiary/aromatic N) is 2. The first-order valence-electron chi connectivity index (χ1n) is 12.1. The molecular weight excluding hydrogens is 496 g/mol. The predicted octanol–water partition coefficient (Wildman–Crippen LogP) is 1.35. The number of fused-ring (bicyclic) bond motifs is 5. The number of halogens is 1. The van der Waals surface area contributed by atoms with Gasteiger partial charge in [-0.3, -0.25) is 0 Å². The number of hydrogen-bond acceptors (Lipinski definition) is 5. The van der Waals surface area contributed by atoms with E-state index in [9.17, 15) is 0 Å². The van der Waals surface area contributed by atoms with E-state index >= 15 is 0 Å². The quantitative estimate of drug-likeness (QED) is 0.358. The third-order valence-corrected chi connectivity index (χ3v) is 7.11. The van der Waals surface area contributed by atoms with Crippen LogP contribution >= 0.6 is 0 Å². The Morgan fingerprint density at radius 3 is 2.68 bits per heavy atom. The van der Waals surface area contributed by atoms with E-state index in [1.807, 2.05) is 6.07 Å². The summed E-state index contributed by atoms with van der Waals surface area (Å²) in [5, 5.41) is 2.25. The minimum absolute atomic E-state index is 0. The van der Waals surface area contributed by atoms with E-state index in [-0.39, 0.29) is 17.0 Å². The molecule has 0 atom stereocenters. The summed E-state index contributed by atoms with van der Waals surface area (Å²) in [4.78, 5) is 2.56. The Kier molecular flexibility index (Phi) is 6.84. The summed E-state index contributed by atoms with van der Waals surface area (Å²) in [6, 6.07) is 10.7. The highest BCUT2D eigenvalue weighted by molar-refractivity contribution is 5.91. The topological polar surface area (TPSA) is 44.0 Å². The van der Waals surface area contributed by atoms with Gasteiger partial charge in [-0.25, -0.2) is 0 Å². The largest absolute Gasteiger partial charge is 1.00 e. The first-order valence-corrected chi connectivity index (χ1v) is 12.1. The number of benzene rings is 2. The molecule has 0 spiro atoms. The average molecular weight is 527 g/mol. The van der Waals surface area contributed by atoms with Crippen LogP contribution in [0.2, 0.25) is 0 Å². The number of aromatic nitrogens is 1. The molecule has 0 unspecified atom stereocenters. The Labute approximate surface area is 211 Å². The molecular formula is C27H31BrN2O4. The van der Waals surface area contributed by atoms with Gasteiger partial charge in [0.25, 0.3) is 0 Å². The standard InChI is InChI=1S/C27H31N2O4.BrH/c1-30-24-7-6-19-14-23-21-16-26-25(32-18-33-26)15-20(21)8-12-29(23)17-22(19)27(24)31-13-5-11-28-9-3-2-4-10-28;/h6-7,14-17H,2-5,8-13,18H2,1H3;1H/q+1;/p-1. The predicted molar refractivity (Wildman–Crippen MR) is 126 cm³/mol. The Balaban J connectivity index is 0.00000241. The number of piperidine rings is 1. The van der Waals surface area contributed by atoms with Gasteiger partial charge in [-0.15, -0.1) is 0 Å². The van der Waals surface area contributed by atoms with Crippen molar-refractivity contribution in [1.82, 2.24) is 4.90 Å². The molecule has 2 aromatic carbocycles. The first-order chi connectivity index (χ1) is 16.3. The fourth-order valence-corrected chi connectivity index (χ4v) is 5.35. The maximum atomic E-state index is 6.35. The lowest BCUT2D eigenvalue weighted by atomic mass is 9.95. The molecule has 1 fully saturated rings. The molecule has 34 heavy (non-hydrogen) atoms. The molecule has 3 aromatic rings. The normalized spacial score (nSPS) is 16.5. The first kappa shape index (κ1) is 23.2. The second-order valence-corrected chi connectivity index (χ2v) is 9.17. The van der Waals surface area contributed by atoms with Crippen molar-refractivity contribution in [3.8, 4) is 34.3 Å². The highest BCUT2D eigenvalue weighted by Gasteiger charge is 2.28. The lowest BCUT2D eigenvalue weighted by Crippen LogP contribution is -3.00. The third-order valence-electron chi connectivity index (χ3n) is 7.11. The van der Waals surface area contributed by atoms with Gasteiger partial charge in [0.05, 0.1) is 24.7 Å². The van der Waals surface area contributed by atoms with Crippen molar-refractivity contribution in [3.05, 3.63) is 42.1 Å². The minimum Gasteiger partial charge on any atom is -1.00 e. The Morgan fingerprint density at radius 1 is 1.03 bits per heavy atom. The van der Waals surface area contributed by atoms with Crippen LogP contribution in [-0.2, 0) is 13.0 Å². The van der Waals surface area contributed by atoms with Crippen LogP contribution in [0, 0.1) is 0 Å². The van der Waals surface area contributed by atoms with Gasteiger partial charge in [-0.05, 0) is 67.6 Å². The van der Waals surface area contributed by atoms with Crippen molar-refractivity contribution >= 4 is 10.8 Å². The zero-order chi connectivity index (χ0) is 22.2. The van der Waals surface area contributed by atoms with Gasteiger partial charge in [0.2, 0.25) is 12.5 Å². The number of hydrogen-bond donors (Lipinski definition) is 0. The molecule has 6 rings (SSSR count). The Morgan fingerprint density at radius 2 is 1.85 bits per heavy atom. The van der Waals surface area contributed by atoms with Crippen LogP contribution in [0.15, 0.2) is 36.5 Å². The maximum Gasteiger partial charge on any atom is 0.231 e. The van der Waals surface area contributed by atoms with Gasteiger partial charge in [0, 0.05) is 19.0 Å². The summed E-state index contributed by atoms with van der Waals surface area (Å²) < 4.78 is 25.6. The molecule has 4 heterocycles. The second-order valence-electron chi connectivity index (χ2n) is 9.17. The molecule has 1 saturated heterocycles. The molecule has 6 nitrogen and oxygen atoms in total. The fraction of sp³-hybridized carbons (Fsp3) is 0.444. The van der Waals surface area contributed by atoms with E-state index in [0.717, 1.165) is 59.7 Å². The zero-order valence-electron chi connectivity index (χ0n) is 19.6. The lowest BCUT2D eigenvalue weighted by Gasteiger charge is -2.26. The number of pyridine rings is 1. The molecule has 180 valence electrons. The van der Waals surface area contributed by atoms with E-state index in [2.05, 4.69) is 39.9 Å². The van der Waals surface area contributed by atoms with E-state index in [1.54, 1.807) is 7.11 Å². The van der Waals surface area contributed by atoms with Crippen LogP contribution in [0.1, 0.15) is 31.2 Å². The van der Waals surface area contributed by atoms with Crippen molar-refractivity contribution < 1.29 is 40.5 Å². The third kappa shape index (κ3) is 4.31. The summed E-state index contributed by atoms with van der Waals surface area (Å²) >= 11 is 0. The van der Waals surface area contributed by atoms with Gasteiger partial charge in [-0.1, -0.05) is 6.42 Å². The zero-order valence-corrected chi connectivity index (χ0v) is 21.2. The molecule has 0 aliphatic carbocycles. The highest BCUT2D eigenvalue weighted by atomic mass is 79.9. The Bertz CT molecular complexity index is 1190. The summed E-state index contributed by atoms with van der Waals surface area (Å²) in [5.41, 5.74) is 3.72. The van der Waals surface area contributed by atoms with Crippen molar-refractivity contribution in [2.24, 2.45) is 0 Å². The van der Waals surface area contributed by atoms with Crippen LogP contribution < -0.4 is 40.5 Å². The molecule has 0 amide bonds. The van der Waals surface area contributed by atoms with Gasteiger partial charge < -0.3 is 40.8 Å². The number of methoxy groups -OCH3 is 1. The van der Waals surface area contributed by atoms with Crippen LogP contribution in [0.25, 0.3) is 22.0 Å². The number of ether oxygens (including phenoxy) is 4. The van der Waals surface area contributed by atoms with Gasteiger partial charge >= 0.3 is 0 Å². The summed E-state index contributed by atoms with van der Waals surface area (Å²) in [6.07, 6.45) is 8.23. The van der Waals surface area contributed by atoms with Crippen LogP contribution in [0.5, 0.6) is 23.0 Å². The summed E-state index contributed by atoms with van der Waals surface area (Å²) in [7, 11) is 1.71. The molecule has 0 N–H and O–H groups in total. The van der Waals surface area contributed by atoms with Crippen LogP contribution in [0.4, 0.5) is 0 Å². The van der Waals surface area contributed by atoms with Crippen molar-refractivity contribution in [2.45, 2.75) is 38.6 Å². The van der Waals surface area contributed by atoms with E-state index in [1.165, 1.54) is 49.2 Å². The van der Waals surface area contributed by atoms with Gasteiger partial charge in [-0.2, -0.15) is 4.57 Å². The second kappa shape index (κ2) is 10.0. The van der Waals surface area contributed by atoms with E-state index in [4.69, 9.17) is 18.9 Å². The van der Waals surface area contributed by atoms with E-state index in [0.29, 0.717) is 13.4 Å². The molecule has 3 aliphatic heterocycles. The number of likely N-dealkylation sites (tertiary alicyclic amines) is 1. The molecule has 7 heteroatoms. The van der Waals surface area contributed by atoms with E-state index < -0.39 is 0 Å². The lowest BCUT2D eigenvalue weighted by molar-refractivity contribution is -0.686. The average Bonchev–Trinajstić information content (AvgIpc) is 3.32. The fourth-order valence-electron chi connectivity index (χ4n) is 5.35. The highest BCUT2D eigenvalue weighted by Crippen LogP contribution is 2.41.